The van der Waals surface area contributed by atoms with E-state index in [1.165, 1.54) is 0 Å². The lowest BCUT2D eigenvalue weighted by molar-refractivity contribution is 0.0954. The highest BCUT2D eigenvalue weighted by Crippen LogP contribution is 2.27. The molecule has 1 heterocycles. The molecule has 148 valence electrons. The Balaban J connectivity index is 1.77. The largest absolute Gasteiger partial charge is 0.371 e. The molecular weight excluding hydrogens is 352 g/mol. The zero-order valence-corrected chi connectivity index (χ0v) is 16.5. The number of urea groups is 1. The highest BCUT2D eigenvalue weighted by molar-refractivity contribution is 6.04. The molecule has 1 fully saturated rings. The first-order valence-electron chi connectivity index (χ1n) is 9.88. The summed E-state index contributed by atoms with van der Waals surface area (Å²) in [5.74, 6) is -0.105. The molecule has 0 unspecified atom stereocenters. The number of carbonyl (C=O) groups is 2. The van der Waals surface area contributed by atoms with Gasteiger partial charge in [0.2, 0.25) is 0 Å². The molecule has 28 heavy (non-hydrogen) atoms. The maximum atomic E-state index is 12.7. The van der Waals surface area contributed by atoms with E-state index in [1.54, 1.807) is 6.07 Å². The fraction of sp³-hybridized carbons (Fsp3) is 0.364. The van der Waals surface area contributed by atoms with Crippen LogP contribution in [-0.2, 0) is 0 Å². The van der Waals surface area contributed by atoms with Crippen LogP contribution >= 0.6 is 0 Å². The summed E-state index contributed by atoms with van der Waals surface area (Å²) in [4.78, 5) is 27.3. The van der Waals surface area contributed by atoms with Crippen molar-refractivity contribution in [1.29, 1.82) is 0 Å². The molecule has 0 radical (unpaired) electrons. The summed E-state index contributed by atoms with van der Waals surface area (Å²) in [5.41, 5.74) is 3.92. The van der Waals surface area contributed by atoms with E-state index < -0.39 is 0 Å². The van der Waals surface area contributed by atoms with Crippen molar-refractivity contribution in [2.75, 3.05) is 35.2 Å². The second-order valence-corrected chi connectivity index (χ2v) is 7.13. The minimum Gasteiger partial charge on any atom is -0.371 e. The molecule has 0 bridgehead atoms. The first-order valence-corrected chi connectivity index (χ1v) is 9.88. The van der Waals surface area contributed by atoms with Gasteiger partial charge in [-0.15, -0.1) is 0 Å². The molecule has 2 aromatic rings. The molecule has 6 heteroatoms. The normalized spacial score (nSPS) is 13.3. The highest BCUT2D eigenvalue weighted by Gasteiger charge is 2.20. The number of nitrogens with one attached hydrogen (secondary N) is 3. The first kappa shape index (κ1) is 19.7. The van der Waals surface area contributed by atoms with Crippen molar-refractivity contribution in [2.45, 2.75) is 33.1 Å². The molecule has 3 rings (SSSR count). The van der Waals surface area contributed by atoms with E-state index in [0.29, 0.717) is 17.8 Å². The third-order valence-electron chi connectivity index (χ3n) is 4.76. The van der Waals surface area contributed by atoms with Crippen LogP contribution in [0, 0.1) is 6.92 Å². The first-order chi connectivity index (χ1) is 13.6. The number of aryl methyl sites for hydroxylation is 1. The summed E-state index contributed by atoms with van der Waals surface area (Å²) in [5, 5.41) is 8.60. The molecule has 0 atom stereocenters. The Hall–Kier alpha value is -3.02. The van der Waals surface area contributed by atoms with Crippen molar-refractivity contribution < 1.29 is 9.59 Å². The molecule has 0 aromatic heterocycles. The van der Waals surface area contributed by atoms with Crippen LogP contribution in [0.25, 0.3) is 0 Å². The summed E-state index contributed by atoms with van der Waals surface area (Å²) in [6, 6.07) is 12.8. The summed E-state index contributed by atoms with van der Waals surface area (Å²) in [6.45, 7) is 6.53. The number of hydrogen-bond acceptors (Lipinski definition) is 3. The van der Waals surface area contributed by atoms with Gasteiger partial charge < -0.3 is 20.9 Å². The van der Waals surface area contributed by atoms with E-state index in [0.717, 1.165) is 49.3 Å². The van der Waals surface area contributed by atoms with Crippen LogP contribution in [0.15, 0.2) is 42.5 Å². The lowest BCUT2D eigenvalue weighted by Crippen LogP contribution is -2.28. The third-order valence-corrected chi connectivity index (χ3v) is 4.76. The van der Waals surface area contributed by atoms with Crippen LogP contribution in [0.2, 0.25) is 0 Å². The van der Waals surface area contributed by atoms with Crippen LogP contribution in [0.4, 0.5) is 21.9 Å². The number of hydrogen-bond donors (Lipinski definition) is 3. The number of rotatable bonds is 6. The molecule has 2 aromatic carbocycles. The zero-order chi connectivity index (χ0) is 19.9. The third kappa shape index (κ3) is 5.03. The van der Waals surface area contributed by atoms with E-state index >= 15 is 0 Å². The Morgan fingerprint density at radius 2 is 1.71 bits per heavy atom. The van der Waals surface area contributed by atoms with Gasteiger partial charge in [0.05, 0.1) is 5.56 Å². The van der Waals surface area contributed by atoms with E-state index in [-0.39, 0.29) is 11.9 Å². The number of benzene rings is 2. The van der Waals surface area contributed by atoms with Crippen LogP contribution in [-0.4, -0.2) is 31.6 Å². The Morgan fingerprint density at radius 1 is 1.00 bits per heavy atom. The van der Waals surface area contributed by atoms with Gasteiger partial charge in [0, 0.05) is 36.7 Å². The van der Waals surface area contributed by atoms with Crippen molar-refractivity contribution in [3.63, 3.8) is 0 Å². The summed E-state index contributed by atoms with van der Waals surface area (Å²) in [6.07, 6.45) is 3.14. The minimum atomic E-state index is -0.334. The van der Waals surface area contributed by atoms with Gasteiger partial charge >= 0.3 is 6.03 Å². The maximum Gasteiger partial charge on any atom is 0.323 e. The highest BCUT2D eigenvalue weighted by atomic mass is 16.2. The number of nitrogens with zero attached hydrogens (tertiary/aromatic N) is 1. The van der Waals surface area contributed by atoms with Crippen molar-refractivity contribution in [1.82, 2.24) is 5.32 Å². The van der Waals surface area contributed by atoms with E-state index in [2.05, 4.69) is 20.9 Å². The monoisotopic (exact) mass is 380 g/mol. The SMILES string of the molecule is CCCNC(=O)c1cc(NC(=O)Nc2cccc(C)c2)ccc1N1CCCC1. The van der Waals surface area contributed by atoms with Crippen LogP contribution in [0.5, 0.6) is 0 Å². The quantitative estimate of drug-likeness (QED) is 0.696. The smallest absolute Gasteiger partial charge is 0.323 e. The maximum absolute atomic E-state index is 12.7. The second-order valence-electron chi connectivity index (χ2n) is 7.13. The van der Waals surface area contributed by atoms with Crippen molar-refractivity contribution >= 4 is 29.0 Å². The molecule has 3 amide bonds. The van der Waals surface area contributed by atoms with Gasteiger partial charge in [-0.05, 0) is 62.1 Å². The Bertz CT molecular complexity index is 844. The van der Waals surface area contributed by atoms with Gasteiger partial charge in [0.15, 0.2) is 0 Å². The van der Waals surface area contributed by atoms with Gasteiger partial charge in [-0.1, -0.05) is 19.1 Å². The Morgan fingerprint density at radius 3 is 2.39 bits per heavy atom. The van der Waals surface area contributed by atoms with Gasteiger partial charge in [0.25, 0.3) is 5.91 Å². The molecule has 0 aliphatic carbocycles. The molecule has 3 N–H and O–H groups in total. The predicted octanol–water partition coefficient (Wildman–Crippen LogP) is 4.38. The molecule has 1 aliphatic rings. The second kappa shape index (κ2) is 9.26. The van der Waals surface area contributed by atoms with Crippen LogP contribution < -0.4 is 20.9 Å². The van der Waals surface area contributed by atoms with Crippen LogP contribution in [0.3, 0.4) is 0 Å². The van der Waals surface area contributed by atoms with Gasteiger partial charge in [0.1, 0.15) is 0 Å². The average molecular weight is 380 g/mol. The Labute approximate surface area is 166 Å². The van der Waals surface area contributed by atoms with Gasteiger partial charge in [-0.2, -0.15) is 0 Å². The summed E-state index contributed by atoms with van der Waals surface area (Å²) in [7, 11) is 0. The lowest BCUT2D eigenvalue weighted by atomic mass is 10.1. The minimum absolute atomic E-state index is 0.105. The molecule has 0 saturated carbocycles. The predicted molar refractivity (Wildman–Crippen MR) is 114 cm³/mol. The van der Waals surface area contributed by atoms with Crippen molar-refractivity contribution in [3.05, 3.63) is 53.6 Å². The molecule has 0 spiro atoms. The number of anilines is 3. The molecule has 6 nitrogen and oxygen atoms in total. The van der Waals surface area contributed by atoms with Crippen molar-refractivity contribution in [3.8, 4) is 0 Å². The molecule has 1 saturated heterocycles. The number of amides is 3. The number of carbonyl (C=O) groups excluding carboxylic acids is 2. The molecular formula is C22H28N4O2. The topological polar surface area (TPSA) is 73.5 Å². The summed E-state index contributed by atoms with van der Waals surface area (Å²) >= 11 is 0. The standard InChI is InChI=1S/C22H28N4O2/c1-3-11-23-21(27)19-15-18(9-10-20(19)26-12-4-5-13-26)25-22(28)24-17-8-6-7-16(2)14-17/h6-10,14-15H,3-5,11-13H2,1-2H3,(H,23,27)(H2,24,25,28). The van der Waals surface area contributed by atoms with Gasteiger partial charge in [-0.3, -0.25) is 4.79 Å². The Kier molecular flexibility index (Phi) is 6.53. The zero-order valence-electron chi connectivity index (χ0n) is 16.5. The molecule has 1 aliphatic heterocycles. The van der Waals surface area contributed by atoms with E-state index in [9.17, 15) is 9.59 Å². The lowest BCUT2D eigenvalue weighted by Gasteiger charge is -2.22. The fourth-order valence-electron chi connectivity index (χ4n) is 3.38. The fourth-order valence-corrected chi connectivity index (χ4v) is 3.38. The summed E-state index contributed by atoms with van der Waals surface area (Å²) < 4.78 is 0. The average Bonchev–Trinajstić information content (AvgIpc) is 3.20. The van der Waals surface area contributed by atoms with Crippen LogP contribution in [0.1, 0.15) is 42.1 Å². The van der Waals surface area contributed by atoms with Crippen molar-refractivity contribution in [2.24, 2.45) is 0 Å². The van der Waals surface area contributed by atoms with Gasteiger partial charge in [-0.25, -0.2) is 4.79 Å². The van der Waals surface area contributed by atoms with E-state index in [1.807, 2.05) is 50.2 Å². The van der Waals surface area contributed by atoms with E-state index in [4.69, 9.17) is 0 Å².